The monoisotopic (exact) mass is 235 g/mol. The van der Waals surface area contributed by atoms with Crippen LogP contribution < -0.4 is 4.90 Å². The van der Waals surface area contributed by atoms with Gasteiger partial charge in [-0.1, -0.05) is 17.7 Å². The number of aryl methyl sites for hydroxylation is 1. The van der Waals surface area contributed by atoms with Crippen LogP contribution in [-0.2, 0) is 4.74 Å². The molecule has 0 radical (unpaired) electrons. The first-order valence-electron chi connectivity index (χ1n) is 6.12. The minimum absolute atomic E-state index is 0.127. The van der Waals surface area contributed by atoms with Crippen LogP contribution in [0.1, 0.15) is 19.4 Å². The van der Waals surface area contributed by atoms with Gasteiger partial charge in [-0.05, 0) is 32.9 Å². The Kier molecular flexibility index (Phi) is 3.40. The van der Waals surface area contributed by atoms with Crippen molar-refractivity contribution in [1.82, 2.24) is 0 Å². The molecule has 0 unspecified atom stereocenters. The van der Waals surface area contributed by atoms with Gasteiger partial charge in [0.1, 0.15) is 6.10 Å². The summed E-state index contributed by atoms with van der Waals surface area (Å²) in [5.74, 6) is 0. The Hall–Kier alpha value is -1.06. The lowest BCUT2D eigenvalue weighted by atomic mass is 10.00. The van der Waals surface area contributed by atoms with E-state index in [9.17, 15) is 5.11 Å². The van der Waals surface area contributed by atoms with E-state index in [1.165, 1.54) is 11.3 Å². The van der Waals surface area contributed by atoms with Gasteiger partial charge in [0.05, 0.1) is 12.2 Å². The maximum absolute atomic E-state index is 10.00. The number of hydrogen-bond acceptors (Lipinski definition) is 3. The highest BCUT2D eigenvalue weighted by atomic mass is 16.5. The van der Waals surface area contributed by atoms with E-state index in [2.05, 4.69) is 36.1 Å². The second kappa shape index (κ2) is 4.67. The summed E-state index contributed by atoms with van der Waals surface area (Å²) in [6.45, 7) is 7.99. The van der Waals surface area contributed by atoms with Crippen LogP contribution in [0.2, 0.25) is 0 Å². The summed E-state index contributed by atoms with van der Waals surface area (Å²) in [4.78, 5) is 2.27. The Morgan fingerprint density at radius 2 is 1.94 bits per heavy atom. The molecule has 1 saturated heterocycles. The molecule has 3 heteroatoms. The molecule has 1 atom stereocenters. The highest BCUT2D eigenvalue weighted by molar-refractivity contribution is 5.48. The van der Waals surface area contributed by atoms with Crippen LogP contribution in [0.25, 0.3) is 0 Å². The molecule has 1 aliphatic heterocycles. The first-order valence-corrected chi connectivity index (χ1v) is 6.12. The molecule has 0 spiro atoms. The quantitative estimate of drug-likeness (QED) is 0.850. The number of hydrogen-bond donors (Lipinski definition) is 1. The van der Waals surface area contributed by atoms with Crippen molar-refractivity contribution in [3.05, 3.63) is 29.8 Å². The third-order valence-corrected chi connectivity index (χ3v) is 3.25. The molecule has 1 fully saturated rings. The van der Waals surface area contributed by atoms with Gasteiger partial charge in [-0.2, -0.15) is 0 Å². The van der Waals surface area contributed by atoms with Crippen LogP contribution >= 0.6 is 0 Å². The fraction of sp³-hybridized carbons (Fsp3) is 0.571. The largest absolute Gasteiger partial charge is 0.388 e. The molecule has 0 aliphatic carbocycles. The highest BCUT2D eigenvalue weighted by Crippen LogP contribution is 2.22. The van der Waals surface area contributed by atoms with Gasteiger partial charge >= 0.3 is 0 Å². The van der Waals surface area contributed by atoms with Crippen LogP contribution in [0.3, 0.4) is 0 Å². The smallest absolute Gasteiger partial charge is 0.103 e. The minimum atomic E-state index is -0.788. The Bertz CT molecular complexity index is 367. The Morgan fingerprint density at radius 1 is 1.29 bits per heavy atom. The predicted molar refractivity (Wildman–Crippen MR) is 69.4 cm³/mol. The summed E-state index contributed by atoms with van der Waals surface area (Å²) in [6.07, 6.45) is -0.127. The zero-order valence-electron chi connectivity index (χ0n) is 10.8. The van der Waals surface area contributed by atoms with Gasteiger partial charge in [-0.3, -0.25) is 0 Å². The van der Waals surface area contributed by atoms with Crippen molar-refractivity contribution in [2.45, 2.75) is 32.5 Å². The minimum Gasteiger partial charge on any atom is -0.388 e. The topological polar surface area (TPSA) is 32.7 Å². The third-order valence-electron chi connectivity index (χ3n) is 3.25. The predicted octanol–water partition coefficient (Wildman–Crippen LogP) is 1.97. The van der Waals surface area contributed by atoms with E-state index in [1.54, 1.807) is 13.8 Å². The lowest BCUT2D eigenvalue weighted by molar-refractivity contribution is -0.0927. The molecule has 1 heterocycles. The molecule has 17 heavy (non-hydrogen) atoms. The Morgan fingerprint density at radius 3 is 2.53 bits per heavy atom. The standard InChI is InChI=1S/C14H21NO2/c1-11-4-6-12(7-5-11)15-8-9-17-13(10-15)14(2,3)16/h4-7,13,16H,8-10H2,1-3H3/t13-/m1/s1. The molecule has 0 amide bonds. The van der Waals surface area contributed by atoms with E-state index >= 15 is 0 Å². The number of morpholine rings is 1. The summed E-state index contributed by atoms with van der Waals surface area (Å²) in [5.41, 5.74) is 1.68. The van der Waals surface area contributed by atoms with Gasteiger partial charge < -0.3 is 14.7 Å². The molecule has 1 aromatic carbocycles. The fourth-order valence-corrected chi connectivity index (χ4v) is 2.07. The molecule has 0 aromatic heterocycles. The Labute approximate surface area is 103 Å². The van der Waals surface area contributed by atoms with E-state index in [1.807, 2.05) is 0 Å². The third kappa shape index (κ3) is 2.99. The number of nitrogens with zero attached hydrogens (tertiary/aromatic N) is 1. The fourth-order valence-electron chi connectivity index (χ4n) is 2.07. The summed E-state index contributed by atoms with van der Waals surface area (Å²) in [7, 11) is 0. The van der Waals surface area contributed by atoms with Gasteiger partial charge in [0, 0.05) is 18.8 Å². The number of benzene rings is 1. The molecule has 3 nitrogen and oxygen atoms in total. The van der Waals surface area contributed by atoms with Gasteiger partial charge in [0.2, 0.25) is 0 Å². The number of anilines is 1. The van der Waals surface area contributed by atoms with E-state index in [0.717, 1.165) is 13.1 Å². The van der Waals surface area contributed by atoms with Crippen LogP contribution in [0, 0.1) is 6.92 Å². The molecule has 2 rings (SSSR count). The van der Waals surface area contributed by atoms with Crippen LogP contribution in [-0.4, -0.2) is 36.5 Å². The average molecular weight is 235 g/mol. The maximum Gasteiger partial charge on any atom is 0.103 e. The molecule has 1 aromatic rings. The lowest BCUT2D eigenvalue weighted by Gasteiger charge is -2.39. The molecule has 0 bridgehead atoms. The number of ether oxygens (including phenoxy) is 1. The average Bonchev–Trinajstić information content (AvgIpc) is 2.29. The van der Waals surface area contributed by atoms with Gasteiger partial charge in [0.25, 0.3) is 0 Å². The highest BCUT2D eigenvalue weighted by Gasteiger charge is 2.32. The molecule has 1 aliphatic rings. The summed E-state index contributed by atoms with van der Waals surface area (Å²) < 4.78 is 5.63. The van der Waals surface area contributed by atoms with Crippen molar-refractivity contribution in [2.24, 2.45) is 0 Å². The SMILES string of the molecule is Cc1ccc(N2CCO[C@@H](C(C)(C)O)C2)cc1. The van der Waals surface area contributed by atoms with E-state index in [-0.39, 0.29) is 6.10 Å². The van der Waals surface area contributed by atoms with Crippen molar-refractivity contribution in [2.75, 3.05) is 24.6 Å². The van der Waals surface area contributed by atoms with Crippen LogP contribution in [0.15, 0.2) is 24.3 Å². The van der Waals surface area contributed by atoms with Gasteiger partial charge in [-0.25, -0.2) is 0 Å². The van der Waals surface area contributed by atoms with Gasteiger partial charge in [-0.15, -0.1) is 0 Å². The second-order valence-corrected chi connectivity index (χ2v) is 5.29. The number of rotatable bonds is 2. The Balaban J connectivity index is 2.09. The van der Waals surface area contributed by atoms with Crippen molar-refractivity contribution in [3.63, 3.8) is 0 Å². The molecule has 0 saturated carbocycles. The first kappa shape index (κ1) is 12.4. The second-order valence-electron chi connectivity index (χ2n) is 5.29. The van der Waals surface area contributed by atoms with Crippen LogP contribution in [0.5, 0.6) is 0 Å². The van der Waals surface area contributed by atoms with Crippen LogP contribution in [0.4, 0.5) is 5.69 Å². The van der Waals surface area contributed by atoms with Crippen molar-refractivity contribution in [1.29, 1.82) is 0 Å². The lowest BCUT2D eigenvalue weighted by Crippen LogP contribution is -2.52. The number of aliphatic hydroxyl groups is 1. The van der Waals surface area contributed by atoms with Crippen molar-refractivity contribution >= 4 is 5.69 Å². The van der Waals surface area contributed by atoms with Crippen molar-refractivity contribution in [3.8, 4) is 0 Å². The van der Waals surface area contributed by atoms with Crippen molar-refractivity contribution < 1.29 is 9.84 Å². The molecule has 1 N–H and O–H groups in total. The van der Waals surface area contributed by atoms with E-state index in [0.29, 0.717) is 6.61 Å². The molecular weight excluding hydrogens is 214 g/mol. The molecular formula is C14H21NO2. The van der Waals surface area contributed by atoms with E-state index in [4.69, 9.17) is 4.74 Å². The zero-order chi connectivity index (χ0) is 12.5. The maximum atomic E-state index is 10.00. The van der Waals surface area contributed by atoms with E-state index < -0.39 is 5.60 Å². The van der Waals surface area contributed by atoms with Gasteiger partial charge in [0.15, 0.2) is 0 Å². The molecule has 94 valence electrons. The first-order chi connectivity index (χ1) is 7.97. The summed E-state index contributed by atoms with van der Waals surface area (Å²) in [6, 6.07) is 8.48. The summed E-state index contributed by atoms with van der Waals surface area (Å²) >= 11 is 0. The normalized spacial score (nSPS) is 21.6. The zero-order valence-corrected chi connectivity index (χ0v) is 10.8. The summed E-state index contributed by atoms with van der Waals surface area (Å²) in [5, 5.41) is 10.00.